The fourth-order valence-electron chi connectivity index (χ4n) is 1.09. The molecule has 0 rings (SSSR count). The molecule has 0 aromatic carbocycles. The highest BCUT2D eigenvalue weighted by Crippen LogP contribution is 2.05. The van der Waals surface area contributed by atoms with Gasteiger partial charge in [0.1, 0.15) is 0 Å². The number of hydrogen-bond donors (Lipinski definition) is 1. The summed E-state index contributed by atoms with van der Waals surface area (Å²) in [6.07, 6.45) is 0. The third-order valence-corrected chi connectivity index (χ3v) is 5.39. The molecule has 0 saturated carbocycles. The van der Waals surface area contributed by atoms with Crippen LogP contribution in [0.5, 0.6) is 0 Å². The molecule has 1 atom stereocenters. The normalized spacial score (nSPS) is 14.9. The van der Waals surface area contributed by atoms with Crippen LogP contribution in [0.15, 0.2) is 0 Å². The first kappa shape index (κ1) is 15.4. The van der Waals surface area contributed by atoms with Crippen molar-refractivity contribution >= 4 is 25.8 Å². The maximum atomic E-state index is 11.5. The van der Waals surface area contributed by atoms with Crippen molar-refractivity contribution < 1.29 is 8.42 Å². The first-order valence-corrected chi connectivity index (χ1v) is 8.16. The van der Waals surface area contributed by atoms with E-state index in [-0.39, 0.29) is 11.0 Å². The Hall–Kier alpha value is 0.390. The van der Waals surface area contributed by atoms with Crippen LogP contribution in [0, 0.1) is 5.92 Å². The largest absolute Gasteiger partial charge is 0.312 e. The van der Waals surface area contributed by atoms with Crippen molar-refractivity contribution in [1.29, 1.82) is 0 Å². The van der Waals surface area contributed by atoms with E-state index in [2.05, 4.69) is 35.1 Å². The quantitative estimate of drug-likeness (QED) is 0.730. The predicted molar refractivity (Wildman–Crippen MR) is 69.3 cm³/mol. The van der Waals surface area contributed by atoms with E-state index in [9.17, 15) is 8.42 Å². The van der Waals surface area contributed by atoms with Crippen LogP contribution in [-0.2, 0) is 9.84 Å². The Labute approximate surface area is 102 Å². The summed E-state index contributed by atoms with van der Waals surface area (Å²) >= 11 is 3.41. The number of sulfone groups is 1. The van der Waals surface area contributed by atoms with E-state index in [1.165, 1.54) is 0 Å². The second-order valence-electron chi connectivity index (χ2n) is 4.37. The number of hydrogen-bond acceptors (Lipinski definition) is 3. The summed E-state index contributed by atoms with van der Waals surface area (Å²) in [4.78, 5) is 0. The summed E-state index contributed by atoms with van der Waals surface area (Å²) in [6, 6.07) is 0.340. The van der Waals surface area contributed by atoms with Gasteiger partial charge in [-0.05, 0) is 19.8 Å². The standard InChI is InChI=1S/C10H22BrNO2S/c1-8(2)10(7-11)12-5-6-15(13,14)9(3)4/h8-10,12H,5-7H2,1-4H3. The highest BCUT2D eigenvalue weighted by atomic mass is 79.9. The van der Waals surface area contributed by atoms with Gasteiger partial charge in [-0.3, -0.25) is 0 Å². The lowest BCUT2D eigenvalue weighted by Crippen LogP contribution is -2.39. The van der Waals surface area contributed by atoms with Gasteiger partial charge in [0, 0.05) is 17.9 Å². The first-order chi connectivity index (χ1) is 6.81. The SMILES string of the molecule is CC(C)C(CBr)NCCS(=O)(=O)C(C)C. The van der Waals surface area contributed by atoms with E-state index in [1.807, 2.05) is 0 Å². The van der Waals surface area contributed by atoms with Crippen LogP contribution in [0.4, 0.5) is 0 Å². The Morgan fingerprint density at radius 3 is 2.07 bits per heavy atom. The Kier molecular flexibility index (Phi) is 7.04. The first-order valence-electron chi connectivity index (χ1n) is 5.32. The lowest BCUT2D eigenvalue weighted by molar-refractivity contribution is 0.444. The molecule has 0 aromatic rings. The van der Waals surface area contributed by atoms with Crippen LogP contribution in [-0.4, -0.2) is 37.3 Å². The molecule has 0 spiro atoms. The molecule has 0 heterocycles. The maximum Gasteiger partial charge on any atom is 0.153 e. The van der Waals surface area contributed by atoms with Gasteiger partial charge in [-0.25, -0.2) is 8.42 Å². The second-order valence-corrected chi connectivity index (χ2v) is 7.70. The monoisotopic (exact) mass is 299 g/mol. The molecule has 0 radical (unpaired) electrons. The van der Waals surface area contributed by atoms with E-state index < -0.39 is 9.84 Å². The molecule has 0 aliphatic carbocycles. The zero-order valence-electron chi connectivity index (χ0n) is 9.96. The van der Waals surface area contributed by atoms with E-state index in [0.717, 1.165) is 5.33 Å². The van der Waals surface area contributed by atoms with Gasteiger partial charge in [-0.15, -0.1) is 0 Å². The highest BCUT2D eigenvalue weighted by molar-refractivity contribution is 9.09. The van der Waals surface area contributed by atoms with Crippen LogP contribution < -0.4 is 5.32 Å². The van der Waals surface area contributed by atoms with Crippen molar-refractivity contribution in [2.45, 2.75) is 39.0 Å². The summed E-state index contributed by atoms with van der Waals surface area (Å²) in [6.45, 7) is 8.22. The average Bonchev–Trinajstić information content (AvgIpc) is 2.11. The molecule has 0 fully saturated rings. The molecular formula is C10H22BrNO2S. The van der Waals surface area contributed by atoms with Gasteiger partial charge in [0.05, 0.1) is 11.0 Å². The van der Waals surface area contributed by atoms with Gasteiger partial charge in [0.2, 0.25) is 0 Å². The third kappa shape index (κ3) is 5.88. The molecule has 3 nitrogen and oxygen atoms in total. The molecule has 1 N–H and O–H groups in total. The van der Waals surface area contributed by atoms with Crippen LogP contribution in [0.3, 0.4) is 0 Å². The molecule has 0 aromatic heterocycles. The fraction of sp³-hybridized carbons (Fsp3) is 1.00. The van der Waals surface area contributed by atoms with Crippen molar-refractivity contribution in [2.75, 3.05) is 17.6 Å². The van der Waals surface area contributed by atoms with Gasteiger partial charge >= 0.3 is 0 Å². The van der Waals surface area contributed by atoms with Crippen molar-refractivity contribution in [3.63, 3.8) is 0 Å². The Morgan fingerprint density at radius 1 is 1.20 bits per heavy atom. The molecule has 0 saturated heterocycles. The van der Waals surface area contributed by atoms with Crippen molar-refractivity contribution in [1.82, 2.24) is 5.32 Å². The minimum atomic E-state index is -2.91. The smallest absolute Gasteiger partial charge is 0.153 e. The topological polar surface area (TPSA) is 46.2 Å². The van der Waals surface area contributed by atoms with Crippen LogP contribution in [0.1, 0.15) is 27.7 Å². The molecule has 0 aliphatic heterocycles. The lowest BCUT2D eigenvalue weighted by atomic mass is 10.1. The van der Waals surface area contributed by atoms with E-state index in [0.29, 0.717) is 18.5 Å². The van der Waals surface area contributed by atoms with E-state index >= 15 is 0 Å². The summed E-state index contributed by atoms with van der Waals surface area (Å²) < 4.78 is 23.0. The van der Waals surface area contributed by atoms with Crippen molar-refractivity contribution in [2.24, 2.45) is 5.92 Å². The van der Waals surface area contributed by atoms with Crippen LogP contribution in [0.2, 0.25) is 0 Å². The molecule has 92 valence electrons. The average molecular weight is 300 g/mol. The summed E-state index contributed by atoms with van der Waals surface area (Å²) in [5.74, 6) is 0.729. The number of nitrogens with one attached hydrogen (secondary N) is 1. The minimum Gasteiger partial charge on any atom is -0.312 e. The molecule has 0 aliphatic rings. The lowest BCUT2D eigenvalue weighted by Gasteiger charge is -2.20. The minimum absolute atomic E-state index is 0.223. The third-order valence-electron chi connectivity index (χ3n) is 2.48. The Balaban J connectivity index is 3.98. The Bertz CT molecular complexity index is 263. The number of alkyl halides is 1. The number of halogens is 1. The van der Waals surface area contributed by atoms with Gasteiger partial charge < -0.3 is 5.32 Å². The fourth-order valence-corrected chi connectivity index (χ4v) is 2.94. The molecule has 15 heavy (non-hydrogen) atoms. The molecule has 0 bridgehead atoms. The van der Waals surface area contributed by atoms with E-state index in [1.54, 1.807) is 13.8 Å². The molecule has 5 heteroatoms. The predicted octanol–water partition coefficient (Wildman–Crippen LogP) is 1.82. The Morgan fingerprint density at radius 2 is 1.73 bits per heavy atom. The summed E-state index contributed by atoms with van der Waals surface area (Å²) in [5, 5.41) is 3.83. The summed E-state index contributed by atoms with van der Waals surface area (Å²) in [7, 11) is -2.91. The van der Waals surface area contributed by atoms with Gasteiger partial charge in [-0.2, -0.15) is 0 Å². The van der Waals surface area contributed by atoms with Gasteiger partial charge in [-0.1, -0.05) is 29.8 Å². The highest BCUT2D eigenvalue weighted by Gasteiger charge is 2.17. The van der Waals surface area contributed by atoms with E-state index in [4.69, 9.17) is 0 Å². The van der Waals surface area contributed by atoms with Crippen LogP contribution >= 0.6 is 15.9 Å². The van der Waals surface area contributed by atoms with Gasteiger partial charge in [0.25, 0.3) is 0 Å². The van der Waals surface area contributed by atoms with Crippen molar-refractivity contribution in [3.05, 3.63) is 0 Å². The molecular weight excluding hydrogens is 278 g/mol. The molecule has 0 amide bonds. The van der Waals surface area contributed by atoms with Crippen molar-refractivity contribution in [3.8, 4) is 0 Å². The zero-order valence-corrected chi connectivity index (χ0v) is 12.4. The maximum absolute atomic E-state index is 11.5. The van der Waals surface area contributed by atoms with Crippen LogP contribution in [0.25, 0.3) is 0 Å². The second kappa shape index (κ2) is 6.86. The zero-order chi connectivity index (χ0) is 12.1. The summed E-state index contributed by atoms with van der Waals surface area (Å²) in [5.41, 5.74) is 0. The molecule has 1 unspecified atom stereocenters. The van der Waals surface area contributed by atoms with Gasteiger partial charge in [0.15, 0.2) is 9.84 Å². The number of rotatable bonds is 7.